The van der Waals surface area contributed by atoms with Gasteiger partial charge in [0.05, 0.1) is 4.92 Å². The van der Waals surface area contributed by atoms with E-state index in [4.69, 9.17) is 5.84 Å². The molecule has 0 atom stereocenters. The van der Waals surface area contributed by atoms with Crippen LogP contribution in [0.4, 0.5) is 11.4 Å². The first-order valence-corrected chi connectivity index (χ1v) is 5.24. The van der Waals surface area contributed by atoms with Crippen molar-refractivity contribution < 1.29 is 9.72 Å². The molecule has 7 nitrogen and oxygen atoms in total. The summed E-state index contributed by atoms with van der Waals surface area (Å²) in [5.74, 6) is 5.06. The van der Waals surface area contributed by atoms with E-state index in [1.54, 1.807) is 24.4 Å². The van der Waals surface area contributed by atoms with Crippen LogP contribution in [0.5, 0.6) is 0 Å². The number of nitrogens with one attached hydrogen (secondary N) is 1. The average molecular weight is 260 g/mol. The summed E-state index contributed by atoms with van der Waals surface area (Å²) in [5.41, 5.74) is 3.56. The molecule has 3 N–H and O–H groups in total. The van der Waals surface area contributed by atoms with Crippen LogP contribution in [0.3, 0.4) is 0 Å². The van der Waals surface area contributed by atoms with Crippen LogP contribution < -0.4 is 11.3 Å². The number of carbonyl (C=O) groups is 1. The second kappa shape index (κ2) is 7.51. The first kappa shape index (κ1) is 14.3. The molecule has 0 unspecified atom stereocenters. The molecule has 0 fully saturated rings. The van der Waals surface area contributed by atoms with Gasteiger partial charge in [-0.3, -0.25) is 25.7 Å². The van der Waals surface area contributed by atoms with E-state index in [1.807, 2.05) is 0 Å². The maximum absolute atomic E-state index is 10.2. The van der Waals surface area contributed by atoms with Crippen molar-refractivity contribution in [3.05, 3.63) is 64.5 Å². The summed E-state index contributed by atoms with van der Waals surface area (Å²) in [7, 11) is 0. The molecule has 2 rings (SSSR count). The maximum atomic E-state index is 10.2. The van der Waals surface area contributed by atoms with Gasteiger partial charge in [0.1, 0.15) is 5.69 Å². The molecule has 0 bridgehead atoms. The van der Waals surface area contributed by atoms with Crippen molar-refractivity contribution in [2.45, 2.75) is 0 Å². The Morgan fingerprint density at radius 1 is 1.21 bits per heavy atom. The summed E-state index contributed by atoms with van der Waals surface area (Å²) in [5, 5.41) is 10.2. The Kier molecular flexibility index (Phi) is 5.64. The first-order valence-electron chi connectivity index (χ1n) is 5.24. The third-order valence-corrected chi connectivity index (χ3v) is 2.05. The van der Waals surface area contributed by atoms with Crippen LogP contribution in [-0.4, -0.2) is 16.2 Å². The number of hydrogen-bond donors (Lipinski definition) is 2. The zero-order chi connectivity index (χ0) is 14.1. The minimum Gasteiger partial charge on any atom is -0.324 e. The third-order valence-electron chi connectivity index (χ3n) is 2.05. The molecule has 7 heteroatoms. The summed E-state index contributed by atoms with van der Waals surface area (Å²) in [6.07, 6.45) is 2.31. The Morgan fingerprint density at radius 2 is 1.89 bits per heavy atom. The number of nitro groups is 1. The van der Waals surface area contributed by atoms with Gasteiger partial charge in [-0.25, -0.2) is 0 Å². The smallest absolute Gasteiger partial charge is 0.269 e. The highest BCUT2D eigenvalue weighted by Crippen LogP contribution is 2.13. The number of benzene rings is 1. The molecule has 0 radical (unpaired) electrons. The molecule has 0 aliphatic carbocycles. The minimum absolute atomic E-state index is 0.0593. The van der Waals surface area contributed by atoms with Crippen molar-refractivity contribution in [3.8, 4) is 0 Å². The van der Waals surface area contributed by atoms with Crippen molar-refractivity contribution in [1.82, 2.24) is 4.98 Å². The first-order chi connectivity index (χ1) is 9.17. The van der Waals surface area contributed by atoms with Gasteiger partial charge in [0.25, 0.3) is 5.69 Å². The predicted molar refractivity (Wildman–Crippen MR) is 70.5 cm³/mol. The zero-order valence-electron chi connectivity index (χ0n) is 9.89. The Hall–Kier alpha value is -2.80. The second-order valence-electron chi connectivity index (χ2n) is 3.32. The van der Waals surface area contributed by atoms with Gasteiger partial charge in [0, 0.05) is 24.0 Å². The highest BCUT2D eigenvalue weighted by atomic mass is 16.6. The monoisotopic (exact) mass is 260 g/mol. The second-order valence-corrected chi connectivity index (χ2v) is 3.32. The normalized spacial score (nSPS) is 8.89. The van der Waals surface area contributed by atoms with E-state index in [9.17, 15) is 14.9 Å². The van der Waals surface area contributed by atoms with Crippen LogP contribution in [0.1, 0.15) is 10.5 Å². The Labute approximate surface area is 109 Å². The lowest BCUT2D eigenvalue weighted by Gasteiger charge is -1.96. The summed E-state index contributed by atoms with van der Waals surface area (Å²) < 4.78 is 0. The number of aldehydes is 1. The summed E-state index contributed by atoms with van der Waals surface area (Å²) >= 11 is 0. The van der Waals surface area contributed by atoms with Crippen LogP contribution in [0.15, 0.2) is 48.7 Å². The Balaban J connectivity index is 0.000000200. The third kappa shape index (κ3) is 4.92. The Morgan fingerprint density at radius 3 is 2.26 bits per heavy atom. The number of carbonyl (C=O) groups excluding carboxylic acids is 1. The SMILES string of the molecule is NNc1ccc([N+](=O)[O-])cc1.O=Cc1ccccn1. The molecular formula is C12H12N4O3. The molecule has 19 heavy (non-hydrogen) atoms. The van der Waals surface area contributed by atoms with E-state index >= 15 is 0 Å². The van der Waals surface area contributed by atoms with Crippen molar-refractivity contribution in [1.29, 1.82) is 0 Å². The van der Waals surface area contributed by atoms with E-state index in [0.29, 0.717) is 11.4 Å². The van der Waals surface area contributed by atoms with Gasteiger partial charge in [0.2, 0.25) is 0 Å². The minimum atomic E-state index is -0.458. The van der Waals surface area contributed by atoms with E-state index < -0.39 is 4.92 Å². The number of anilines is 1. The molecule has 0 saturated heterocycles. The number of pyridine rings is 1. The van der Waals surface area contributed by atoms with E-state index in [-0.39, 0.29) is 5.69 Å². The lowest BCUT2D eigenvalue weighted by atomic mass is 10.3. The maximum Gasteiger partial charge on any atom is 0.269 e. The zero-order valence-corrected chi connectivity index (χ0v) is 9.89. The lowest BCUT2D eigenvalue weighted by molar-refractivity contribution is -0.384. The number of non-ortho nitro benzene ring substituents is 1. The number of aromatic nitrogens is 1. The van der Waals surface area contributed by atoms with Crippen molar-refractivity contribution in [2.24, 2.45) is 5.84 Å². The quantitative estimate of drug-likeness (QED) is 0.376. The molecule has 0 spiro atoms. The number of nitrogens with two attached hydrogens (primary N) is 1. The van der Waals surface area contributed by atoms with Gasteiger partial charge >= 0.3 is 0 Å². The van der Waals surface area contributed by atoms with Crippen LogP contribution in [0, 0.1) is 10.1 Å². The van der Waals surface area contributed by atoms with E-state index in [0.717, 1.165) is 6.29 Å². The van der Waals surface area contributed by atoms with Crippen LogP contribution in [0.25, 0.3) is 0 Å². The number of hydrazine groups is 1. The highest BCUT2D eigenvalue weighted by Gasteiger charge is 2.01. The number of nitrogens with zero attached hydrogens (tertiary/aromatic N) is 2. The van der Waals surface area contributed by atoms with Gasteiger partial charge in [0.15, 0.2) is 6.29 Å². The van der Waals surface area contributed by atoms with Crippen molar-refractivity contribution >= 4 is 17.7 Å². The molecule has 1 aromatic carbocycles. The van der Waals surface area contributed by atoms with Crippen molar-refractivity contribution in [3.63, 3.8) is 0 Å². The van der Waals surface area contributed by atoms with Crippen LogP contribution in [0.2, 0.25) is 0 Å². The van der Waals surface area contributed by atoms with Crippen LogP contribution >= 0.6 is 0 Å². The fourth-order valence-electron chi connectivity index (χ4n) is 1.13. The molecule has 0 saturated carbocycles. The fraction of sp³-hybridized carbons (Fsp3) is 0. The molecule has 0 aliphatic rings. The number of rotatable bonds is 3. The number of hydrogen-bond acceptors (Lipinski definition) is 6. The highest BCUT2D eigenvalue weighted by molar-refractivity contribution is 5.71. The molecule has 2 aromatic rings. The van der Waals surface area contributed by atoms with Gasteiger partial charge in [-0.05, 0) is 24.3 Å². The largest absolute Gasteiger partial charge is 0.324 e. The predicted octanol–water partition coefficient (Wildman–Crippen LogP) is 1.77. The molecule has 1 aromatic heterocycles. The molecule has 0 aliphatic heterocycles. The van der Waals surface area contributed by atoms with Gasteiger partial charge in [-0.15, -0.1) is 0 Å². The average Bonchev–Trinajstić information content (AvgIpc) is 2.48. The molecule has 1 heterocycles. The molecular weight excluding hydrogens is 248 g/mol. The number of nitro benzene ring substituents is 1. The molecule has 0 amide bonds. The van der Waals surface area contributed by atoms with Gasteiger partial charge in [-0.2, -0.15) is 0 Å². The van der Waals surface area contributed by atoms with Gasteiger partial charge < -0.3 is 5.43 Å². The topological polar surface area (TPSA) is 111 Å². The van der Waals surface area contributed by atoms with E-state index in [1.165, 1.54) is 24.3 Å². The summed E-state index contributed by atoms with van der Waals surface area (Å²) in [6, 6.07) is 11.1. The lowest BCUT2D eigenvalue weighted by Crippen LogP contribution is -2.06. The Bertz CT molecular complexity index is 528. The summed E-state index contributed by atoms with van der Waals surface area (Å²) in [4.78, 5) is 23.4. The summed E-state index contributed by atoms with van der Waals surface area (Å²) in [6.45, 7) is 0. The standard InChI is InChI=1S/C6H7N3O2.C6H5NO/c7-8-5-1-3-6(4-2-5)9(10)11;8-5-6-3-1-2-4-7-6/h1-4,8H,7H2;1-5H. The van der Waals surface area contributed by atoms with E-state index in [2.05, 4.69) is 10.4 Å². The van der Waals surface area contributed by atoms with Gasteiger partial charge in [-0.1, -0.05) is 6.07 Å². The van der Waals surface area contributed by atoms with Crippen molar-refractivity contribution in [2.75, 3.05) is 5.43 Å². The number of nitrogen functional groups attached to an aromatic ring is 1. The van der Waals surface area contributed by atoms with Crippen LogP contribution in [-0.2, 0) is 0 Å². The fourth-order valence-corrected chi connectivity index (χ4v) is 1.13. The molecule has 98 valence electrons.